The molecule has 0 saturated heterocycles. The van der Waals surface area contributed by atoms with Crippen molar-refractivity contribution < 1.29 is 9.90 Å². The Morgan fingerprint density at radius 1 is 1.06 bits per heavy atom. The molecular weight excluding hydrogens is 200 g/mol. The number of carboxylic acids is 1. The van der Waals surface area contributed by atoms with Gasteiger partial charge >= 0.3 is 5.97 Å². The summed E-state index contributed by atoms with van der Waals surface area (Å²) in [5.41, 5.74) is 2.62. The molecule has 0 radical (unpaired) electrons. The number of benzene rings is 2. The monoisotopic (exact) mass is 213 g/mol. The van der Waals surface area contributed by atoms with Gasteiger partial charge in [-0.25, -0.2) is 4.79 Å². The number of rotatable bonds is 3. The van der Waals surface area contributed by atoms with Gasteiger partial charge in [-0.05, 0) is 29.7 Å². The summed E-state index contributed by atoms with van der Waals surface area (Å²) >= 11 is 0. The molecule has 0 saturated carbocycles. The number of carbonyl (C=O) groups is 1. The second kappa shape index (κ2) is 4.62. The van der Waals surface area contributed by atoms with Gasteiger partial charge in [-0.1, -0.05) is 42.5 Å². The van der Waals surface area contributed by atoms with E-state index in [9.17, 15) is 4.79 Å². The molecule has 0 heterocycles. The van der Waals surface area contributed by atoms with Crippen molar-refractivity contribution in [3.8, 4) is 0 Å². The van der Waals surface area contributed by atoms with Crippen LogP contribution in [0.2, 0.25) is 0 Å². The minimum absolute atomic E-state index is 0.411. The number of carboxylic acid groups (broad SMARTS) is 1. The van der Waals surface area contributed by atoms with E-state index in [0.717, 1.165) is 12.0 Å². The predicted octanol–water partition coefficient (Wildman–Crippen LogP) is 2.98. The second-order valence-corrected chi connectivity index (χ2v) is 3.65. The lowest BCUT2D eigenvalue weighted by atomic mass is 10.0. The smallest absolute Gasteiger partial charge is 0.335 e. The van der Waals surface area contributed by atoms with E-state index in [0.29, 0.717) is 5.56 Å². The maximum Gasteiger partial charge on any atom is 0.335 e. The van der Waals surface area contributed by atoms with E-state index in [1.165, 1.54) is 5.56 Å². The summed E-state index contributed by atoms with van der Waals surface area (Å²) in [5, 5.41) is 3.95. The van der Waals surface area contributed by atoms with Crippen molar-refractivity contribution in [3.63, 3.8) is 0 Å². The van der Waals surface area contributed by atoms with E-state index in [-0.39, 0.29) is 0 Å². The molecule has 0 bridgehead atoms. The molecule has 0 aliphatic carbocycles. The molecule has 0 fully saturated rings. The number of aromatic carboxylic acids is 1. The maximum absolute atomic E-state index is 11.2. The summed E-state index contributed by atoms with van der Waals surface area (Å²) in [7, 11) is 0. The molecule has 0 amide bonds. The van der Waals surface area contributed by atoms with Crippen LogP contribution in [0.15, 0.2) is 54.6 Å². The Morgan fingerprint density at radius 3 is 2.56 bits per heavy atom. The van der Waals surface area contributed by atoms with Gasteiger partial charge in [-0.15, -0.1) is 0 Å². The molecule has 16 heavy (non-hydrogen) atoms. The summed E-state index contributed by atoms with van der Waals surface area (Å²) in [5.74, 6) is -0.625. The van der Waals surface area contributed by atoms with E-state index < -0.39 is 5.97 Å². The van der Waals surface area contributed by atoms with Crippen LogP contribution in [0.1, 0.15) is 21.5 Å². The van der Waals surface area contributed by atoms with Crippen molar-refractivity contribution in [2.45, 2.75) is 6.42 Å². The third-order valence-corrected chi connectivity index (χ3v) is 2.41. The molecule has 0 spiro atoms. The minimum atomic E-state index is -0.625. The van der Waals surface area contributed by atoms with Gasteiger partial charge in [-0.3, -0.25) is 0 Å². The zero-order valence-electron chi connectivity index (χ0n) is 9.72. The van der Waals surface area contributed by atoms with Crippen molar-refractivity contribution in [1.82, 2.24) is 0 Å². The summed E-state index contributed by atoms with van der Waals surface area (Å²) < 4.78 is 6.59. The van der Waals surface area contributed by atoms with E-state index >= 15 is 0 Å². The van der Waals surface area contributed by atoms with Gasteiger partial charge in [0.1, 0.15) is 0 Å². The van der Waals surface area contributed by atoms with Gasteiger partial charge in [0, 0.05) is 0 Å². The molecule has 0 aromatic heterocycles. The normalized spacial score (nSPS) is 10.6. The van der Waals surface area contributed by atoms with Gasteiger partial charge in [0.25, 0.3) is 1.43 Å². The van der Waals surface area contributed by atoms with E-state index in [2.05, 4.69) is 5.11 Å². The Bertz CT molecular complexity index is 509. The molecule has 0 atom stereocenters. The molecule has 0 unspecified atom stereocenters. The van der Waals surface area contributed by atoms with E-state index in [4.69, 9.17) is 1.43 Å². The Balaban J connectivity index is 2.20. The van der Waals surface area contributed by atoms with Gasteiger partial charge in [-0.2, -0.15) is 0 Å². The topological polar surface area (TPSA) is 37.3 Å². The van der Waals surface area contributed by atoms with E-state index in [1.54, 1.807) is 18.2 Å². The molecule has 2 heteroatoms. The highest BCUT2D eigenvalue weighted by atomic mass is 16.4. The fraction of sp³-hybridized carbons (Fsp3) is 0.0714. The first-order valence-corrected chi connectivity index (χ1v) is 5.10. The predicted molar refractivity (Wildman–Crippen MR) is 62.6 cm³/mol. The van der Waals surface area contributed by atoms with Crippen LogP contribution in [0, 0.1) is 0 Å². The summed E-state index contributed by atoms with van der Waals surface area (Å²) in [6.07, 6.45) is 0.764. The molecular formula is C14H12O2. The van der Waals surface area contributed by atoms with Crippen molar-refractivity contribution in [3.05, 3.63) is 71.3 Å². The van der Waals surface area contributed by atoms with Gasteiger partial charge in [0.15, 0.2) is 0 Å². The molecule has 0 aliphatic heterocycles. The van der Waals surface area contributed by atoms with Crippen molar-refractivity contribution in [2.24, 2.45) is 0 Å². The van der Waals surface area contributed by atoms with Crippen molar-refractivity contribution in [2.75, 3.05) is 0 Å². The molecule has 2 aromatic carbocycles. The lowest BCUT2D eigenvalue weighted by molar-refractivity contribution is 0.0697. The standard InChI is InChI=1S/C14H12O2/c15-14(16)13-8-4-7-12(10-13)9-11-5-2-1-3-6-11/h1-8,10H,9H2,(H,15,16)/i/hD. The van der Waals surface area contributed by atoms with E-state index in [1.807, 2.05) is 36.4 Å². The van der Waals surface area contributed by atoms with Crippen LogP contribution in [0.4, 0.5) is 0 Å². The zero-order chi connectivity index (χ0) is 12.1. The van der Waals surface area contributed by atoms with Crippen LogP contribution in [-0.2, 0) is 6.42 Å². The lowest BCUT2D eigenvalue weighted by Gasteiger charge is -2.02. The highest BCUT2D eigenvalue weighted by molar-refractivity contribution is 5.87. The fourth-order valence-corrected chi connectivity index (χ4v) is 1.64. The molecule has 2 aromatic rings. The fourth-order valence-electron chi connectivity index (χ4n) is 1.64. The van der Waals surface area contributed by atoms with Crippen LogP contribution in [0.3, 0.4) is 0 Å². The third kappa shape index (κ3) is 2.48. The zero-order valence-corrected chi connectivity index (χ0v) is 8.72. The first-order chi connectivity index (χ1) is 8.29. The third-order valence-electron chi connectivity index (χ3n) is 2.41. The Kier molecular flexibility index (Phi) is 2.64. The summed E-state index contributed by atoms with van der Waals surface area (Å²) in [6, 6.07) is 17.2. The van der Waals surface area contributed by atoms with Gasteiger partial charge < -0.3 is 5.11 Å². The Morgan fingerprint density at radius 2 is 1.81 bits per heavy atom. The van der Waals surface area contributed by atoms with Crippen LogP contribution in [-0.4, -0.2) is 11.1 Å². The summed E-state index contributed by atoms with van der Waals surface area (Å²) in [6.45, 7) is 0. The van der Waals surface area contributed by atoms with Crippen molar-refractivity contribution >= 4 is 5.97 Å². The quantitative estimate of drug-likeness (QED) is 0.851. The maximum atomic E-state index is 11.2. The molecule has 1 N–H and O–H groups in total. The highest BCUT2D eigenvalue weighted by Crippen LogP contribution is 2.11. The first kappa shape index (κ1) is 9.16. The summed E-state index contributed by atoms with van der Waals surface area (Å²) in [4.78, 5) is 11.2. The molecule has 2 rings (SSSR count). The number of hydrogen-bond donors (Lipinski definition) is 1. The highest BCUT2D eigenvalue weighted by Gasteiger charge is 2.03. The second-order valence-electron chi connectivity index (χ2n) is 3.65. The average Bonchev–Trinajstić information content (AvgIpc) is 2.39. The average molecular weight is 213 g/mol. The van der Waals surface area contributed by atoms with Crippen LogP contribution in [0.5, 0.6) is 0 Å². The van der Waals surface area contributed by atoms with Crippen LogP contribution in [0.25, 0.3) is 1.43 Å². The van der Waals surface area contributed by atoms with Crippen LogP contribution >= 0.6 is 0 Å². The SMILES string of the molecule is [2H]OC(=O)c1cccc(Cc2ccccc2)c1. The van der Waals surface area contributed by atoms with Gasteiger partial charge in [0.2, 0.25) is 0 Å². The molecule has 80 valence electrons. The molecule has 2 nitrogen and oxygen atoms in total. The largest absolute Gasteiger partial charge is 0.478 e. The van der Waals surface area contributed by atoms with Gasteiger partial charge in [0.05, 0.1) is 5.56 Å². The Labute approximate surface area is 95.7 Å². The van der Waals surface area contributed by atoms with Crippen LogP contribution < -0.4 is 0 Å². The lowest BCUT2D eigenvalue weighted by Crippen LogP contribution is -1.97. The minimum Gasteiger partial charge on any atom is -0.478 e. The van der Waals surface area contributed by atoms with Crippen molar-refractivity contribution in [1.29, 1.82) is 1.43 Å². The first-order valence-electron chi connectivity index (χ1n) is 5.51. The Hall–Kier alpha value is -2.09. The number of hydrogen-bond acceptors (Lipinski definition) is 2. The molecule has 0 aliphatic rings.